The Morgan fingerprint density at radius 2 is 1.46 bits per heavy atom. The van der Waals surface area contributed by atoms with Gasteiger partial charge in [-0.3, -0.25) is 4.90 Å². The zero-order valence-electron chi connectivity index (χ0n) is 21.3. The van der Waals surface area contributed by atoms with Crippen LogP contribution in [0.4, 0.5) is 26.3 Å². The highest BCUT2D eigenvalue weighted by molar-refractivity contribution is 5.49. The van der Waals surface area contributed by atoms with E-state index in [1.807, 2.05) is 44.3 Å². The summed E-state index contributed by atoms with van der Waals surface area (Å²) in [5.41, 5.74) is -4.41. The van der Waals surface area contributed by atoms with Crippen molar-refractivity contribution < 1.29 is 26.3 Å². The van der Waals surface area contributed by atoms with Crippen LogP contribution in [0, 0.1) is 17.2 Å². The van der Waals surface area contributed by atoms with Crippen molar-refractivity contribution in [1.29, 1.82) is 5.26 Å². The number of rotatable bonds is 9. The van der Waals surface area contributed by atoms with E-state index >= 15 is 0 Å². The Bertz CT molecular complexity index is 1020. The maximum atomic E-state index is 14.2. The normalized spacial score (nSPS) is 17.8. The molecule has 2 aromatic rings. The molecule has 8 heteroatoms. The summed E-state index contributed by atoms with van der Waals surface area (Å²) in [5.74, 6) is -0.576. The van der Waals surface area contributed by atoms with Crippen LogP contribution in [0.5, 0.6) is 0 Å². The monoisotopic (exact) mass is 524 g/mol. The van der Waals surface area contributed by atoms with Gasteiger partial charge in [-0.25, -0.2) is 0 Å². The Labute approximate surface area is 215 Å². The molecule has 0 saturated heterocycles. The lowest BCUT2D eigenvalue weighted by molar-refractivity contribution is -0.145. The van der Waals surface area contributed by atoms with Gasteiger partial charge in [-0.15, -0.1) is 0 Å². The number of hydrogen-bond donors (Lipinski definition) is 0. The van der Waals surface area contributed by atoms with E-state index in [2.05, 4.69) is 11.0 Å². The van der Waals surface area contributed by atoms with E-state index in [0.717, 1.165) is 18.1 Å². The second-order valence-corrected chi connectivity index (χ2v) is 10.1. The second kappa shape index (κ2) is 11.9. The van der Waals surface area contributed by atoms with E-state index < -0.39 is 40.4 Å². The fourth-order valence-corrected chi connectivity index (χ4v) is 5.97. The molecule has 0 aromatic heterocycles. The summed E-state index contributed by atoms with van der Waals surface area (Å²) in [6.07, 6.45) is -6.01. The average Bonchev–Trinajstić information content (AvgIpc) is 2.86. The molecule has 0 amide bonds. The summed E-state index contributed by atoms with van der Waals surface area (Å²) >= 11 is 0. The van der Waals surface area contributed by atoms with Crippen molar-refractivity contribution in [3.8, 4) is 6.07 Å². The maximum absolute atomic E-state index is 14.2. The molecular formula is C29H34F6N2. The quantitative estimate of drug-likeness (QED) is 0.307. The van der Waals surface area contributed by atoms with Gasteiger partial charge in [0.05, 0.1) is 22.6 Å². The molecule has 0 heterocycles. The number of benzene rings is 2. The first-order valence-electron chi connectivity index (χ1n) is 12.9. The van der Waals surface area contributed by atoms with Crippen LogP contribution in [0.1, 0.15) is 80.5 Å². The van der Waals surface area contributed by atoms with Crippen LogP contribution >= 0.6 is 0 Å². The molecule has 3 rings (SSSR count). The first-order chi connectivity index (χ1) is 17.4. The van der Waals surface area contributed by atoms with Crippen LogP contribution in [0.2, 0.25) is 0 Å². The fraction of sp³-hybridized carbons (Fsp3) is 0.552. The van der Waals surface area contributed by atoms with Gasteiger partial charge in [-0.05, 0) is 68.3 Å². The minimum Gasteiger partial charge on any atom is -0.299 e. The Morgan fingerprint density at radius 1 is 0.892 bits per heavy atom. The minimum atomic E-state index is -5.01. The topological polar surface area (TPSA) is 27.0 Å². The summed E-state index contributed by atoms with van der Waals surface area (Å²) in [7, 11) is 1.90. The summed E-state index contributed by atoms with van der Waals surface area (Å²) in [6.45, 7) is 2.54. The van der Waals surface area contributed by atoms with Crippen molar-refractivity contribution in [3.05, 3.63) is 70.8 Å². The van der Waals surface area contributed by atoms with Crippen molar-refractivity contribution in [2.75, 3.05) is 7.05 Å². The van der Waals surface area contributed by atoms with Crippen LogP contribution in [-0.4, -0.2) is 18.0 Å². The molecule has 37 heavy (non-hydrogen) atoms. The zero-order chi connectivity index (χ0) is 27.3. The highest BCUT2D eigenvalue weighted by Crippen LogP contribution is 2.52. The van der Waals surface area contributed by atoms with Crippen molar-refractivity contribution in [2.45, 2.75) is 88.6 Å². The molecule has 1 aliphatic rings. The Hall–Kier alpha value is -2.53. The van der Waals surface area contributed by atoms with Crippen LogP contribution in [0.3, 0.4) is 0 Å². The van der Waals surface area contributed by atoms with Gasteiger partial charge in [0.25, 0.3) is 0 Å². The van der Waals surface area contributed by atoms with E-state index in [0.29, 0.717) is 57.2 Å². The molecule has 2 atom stereocenters. The second-order valence-electron chi connectivity index (χ2n) is 10.1. The molecule has 2 aromatic carbocycles. The van der Waals surface area contributed by atoms with Gasteiger partial charge in [0.1, 0.15) is 0 Å². The van der Waals surface area contributed by atoms with Crippen LogP contribution < -0.4 is 0 Å². The first kappa shape index (κ1) is 29.0. The summed E-state index contributed by atoms with van der Waals surface area (Å²) in [6, 6.07) is 13.8. The Morgan fingerprint density at radius 3 is 1.95 bits per heavy atom. The summed E-state index contributed by atoms with van der Waals surface area (Å²) < 4.78 is 85.2. The average molecular weight is 525 g/mol. The van der Waals surface area contributed by atoms with E-state index in [9.17, 15) is 31.6 Å². The molecule has 2 nitrogen and oxygen atoms in total. The first-order valence-corrected chi connectivity index (χ1v) is 12.9. The van der Waals surface area contributed by atoms with Crippen LogP contribution in [0.15, 0.2) is 48.5 Å². The minimum absolute atomic E-state index is 0.0675. The van der Waals surface area contributed by atoms with E-state index in [1.54, 1.807) is 0 Å². The standard InChI is InChI=1S/C29H34F6N2/c1-3-23(37(2)19-21-11-6-4-7-12-21)17-18-27(20-36,22-13-8-5-9-14-22)26-24(28(30,31)32)15-10-16-25(26)29(33,34)35/h4,6-7,10-12,15-16,22-23H,3,5,8-9,13-14,17-19H2,1-2H3. The van der Waals surface area contributed by atoms with Gasteiger partial charge in [-0.1, -0.05) is 62.6 Å². The number of nitrogens with zero attached hydrogens (tertiary/aromatic N) is 2. The SMILES string of the molecule is CCC(CCC(C#N)(c1c(C(F)(F)F)cccc1C(F)(F)F)C1CCCCC1)N(C)Cc1ccccc1. The molecule has 202 valence electrons. The molecule has 0 aliphatic heterocycles. The maximum Gasteiger partial charge on any atom is 0.416 e. The number of alkyl halides is 6. The molecule has 2 unspecified atom stereocenters. The Kier molecular flexibility index (Phi) is 9.33. The lowest BCUT2D eigenvalue weighted by atomic mass is 9.61. The number of halogens is 6. The van der Waals surface area contributed by atoms with Gasteiger partial charge in [0, 0.05) is 12.6 Å². The summed E-state index contributed by atoms with van der Waals surface area (Å²) in [5, 5.41) is 10.5. The number of nitriles is 1. The van der Waals surface area contributed by atoms with Crippen molar-refractivity contribution >= 4 is 0 Å². The van der Waals surface area contributed by atoms with E-state index in [4.69, 9.17) is 0 Å². The predicted octanol–water partition coefficient (Wildman–Crippen LogP) is 8.76. The molecule has 0 spiro atoms. The molecule has 1 fully saturated rings. The van der Waals surface area contributed by atoms with Gasteiger partial charge in [0.15, 0.2) is 0 Å². The third-order valence-electron chi connectivity index (χ3n) is 7.86. The Balaban J connectivity index is 2.09. The molecule has 0 radical (unpaired) electrons. The lowest BCUT2D eigenvalue weighted by Gasteiger charge is -2.42. The van der Waals surface area contributed by atoms with Crippen LogP contribution in [0.25, 0.3) is 0 Å². The zero-order valence-corrected chi connectivity index (χ0v) is 21.3. The van der Waals surface area contributed by atoms with Gasteiger partial charge in [-0.2, -0.15) is 31.6 Å². The van der Waals surface area contributed by atoms with E-state index in [1.165, 1.54) is 0 Å². The third-order valence-corrected chi connectivity index (χ3v) is 7.86. The molecule has 1 saturated carbocycles. The number of hydrogen-bond acceptors (Lipinski definition) is 2. The van der Waals surface area contributed by atoms with Gasteiger partial charge >= 0.3 is 12.4 Å². The highest BCUT2D eigenvalue weighted by atomic mass is 19.4. The van der Waals surface area contributed by atoms with Gasteiger partial charge < -0.3 is 0 Å². The van der Waals surface area contributed by atoms with Crippen LogP contribution in [-0.2, 0) is 24.3 Å². The van der Waals surface area contributed by atoms with Crippen molar-refractivity contribution in [2.24, 2.45) is 5.92 Å². The van der Waals surface area contributed by atoms with Crippen molar-refractivity contribution in [3.63, 3.8) is 0 Å². The largest absolute Gasteiger partial charge is 0.416 e. The smallest absolute Gasteiger partial charge is 0.299 e. The fourth-order valence-electron chi connectivity index (χ4n) is 5.97. The highest BCUT2D eigenvalue weighted by Gasteiger charge is 2.51. The third kappa shape index (κ3) is 6.67. The molecule has 1 aliphatic carbocycles. The molecular weight excluding hydrogens is 490 g/mol. The van der Waals surface area contributed by atoms with Crippen molar-refractivity contribution in [1.82, 2.24) is 4.90 Å². The van der Waals surface area contributed by atoms with E-state index in [-0.39, 0.29) is 12.5 Å². The molecule has 0 bridgehead atoms. The van der Waals surface area contributed by atoms with Gasteiger partial charge in [0.2, 0.25) is 0 Å². The lowest BCUT2D eigenvalue weighted by Crippen LogP contribution is -2.41. The molecule has 0 N–H and O–H groups in total. The predicted molar refractivity (Wildman–Crippen MR) is 132 cm³/mol. The summed E-state index contributed by atoms with van der Waals surface area (Å²) in [4.78, 5) is 2.07.